The van der Waals surface area contributed by atoms with E-state index in [1.54, 1.807) is 30.6 Å². The van der Waals surface area contributed by atoms with Crippen LogP contribution >= 0.6 is 0 Å². The first-order valence-corrected chi connectivity index (χ1v) is 6.70. The normalized spacial score (nSPS) is 10.3. The third kappa shape index (κ3) is 2.63. The van der Waals surface area contributed by atoms with Gasteiger partial charge in [0, 0.05) is 35.5 Å². The summed E-state index contributed by atoms with van der Waals surface area (Å²) in [5, 5.41) is 9.99. The largest absolute Gasteiger partial charge is 0.366 e. The molecule has 106 valence electrons. The number of nitriles is 1. The molecule has 5 heteroatoms. The van der Waals surface area contributed by atoms with Crippen LogP contribution < -0.4 is 5.73 Å². The van der Waals surface area contributed by atoms with E-state index in [1.165, 1.54) is 0 Å². The van der Waals surface area contributed by atoms with Gasteiger partial charge >= 0.3 is 0 Å². The summed E-state index contributed by atoms with van der Waals surface area (Å²) in [6.07, 6.45) is 3.74. The average Bonchev–Trinajstić information content (AvgIpc) is 2.54. The summed E-state index contributed by atoms with van der Waals surface area (Å²) in [6.45, 7) is 0. The van der Waals surface area contributed by atoms with Gasteiger partial charge in [-0.05, 0) is 35.9 Å². The quantitative estimate of drug-likeness (QED) is 0.799. The first-order chi connectivity index (χ1) is 10.7. The third-order valence-corrected chi connectivity index (χ3v) is 3.41. The van der Waals surface area contributed by atoms with E-state index in [0.717, 1.165) is 22.2 Å². The van der Waals surface area contributed by atoms with E-state index in [0.29, 0.717) is 17.5 Å². The Morgan fingerprint density at radius 1 is 1.14 bits per heavy atom. The maximum Gasteiger partial charge on any atom is 0.248 e. The molecule has 1 aromatic carbocycles. The summed E-state index contributed by atoms with van der Waals surface area (Å²) in [6, 6.07) is 12.9. The third-order valence-electron chi connectivity index (χ3n) is 3.41. The molecule has 0 saturated carbocycles. The van der Waals surface area contributed by atoms with E-state index in [2.05, 4.69) is 16.0 Å². The van der Waals surface area contributed by atoms with Crippen LogP contribution in [0.25, 0.3) is 10.9 Å². The molecule has 0 radical (unpaired) electrons. The number of amides is 1. The van der Waals surface area contributed by atoms with Crippen molar-refractivity contribution in [2.45, 2.75) is 6.42 Å². The van der Waals surface area contributed by atoms with E-state index in [-0.39, 0.29) is 0 Å². The number of nitrogens with two attached hydrogens (primary N) is 1. The van der Waals surface area contributed by atoms with Crippen LogP contribution in [-0.2, 0) is 6.42 Å². The Kier molecular flexibility index (Phi) is 3.50. The van der Waals surface area contributed by atoms with E-state index < -0.39 is 5.91 Å². The number of primary amides is 1. The maximum atomic E-state index is 11.2. The second-order valence-corrected chi connectivity index (χ2v) is 4.90. The zero-order valence-electron chi connectivity index (χ0n) is 11.7. The van der Waals surface area contributed by atoms with Crippen molar-refractivity contribution in [3.63, 3.8) is 0 Å². The predicted molar refractivity (Wildman–Crippen MR) is 82.0 cm³/mol. The number of carbonyl (C=O) groups is 1. The zero-order valence-corrected chi connectivity index (χ0v) is 11.7. The second kappa shape index (κ2) is 5.62. The number of rotatable bonds is 3. The molecule has 3 rings (SSSR count). The fraction of sp³-hybridized carbons (Fsp3) is 0.0588. The number of pyridine rings is 2. The van der Waals surface area contributed by atoms with Crippen molar-refractivity contribution in [3.8, 4) is 6.07 Å². The smallest absolute Gasteiger partial charge is 0.248 e. The number of benzene rings is 1. The Balaban J connectivity index is 1.99. The molecule has 0 spiro atoms. The Labute approximate surface area is 127 Å². The number of hydrogen-bond donors (Lipinski definition) is 1. The lowest BCUT2D eigenvalue weighted by Crippen LogP contribution is -2.11. The molecule has 0 fully saturated rings. The molecule has 0 aliphatic carbocycles. The summed E-state index contributed by atoms with van der Waals surface area (Å²) in [5.74, 6) is -0.474. The summed E-state index contributed by atoms with van der Waals surface area (Å²) in [7, 11) is 0. The van der Waals surface area contributed by atoms with E-state index in [9.17, 15) is 10.1 Å². The lowest BCUT2D eigenvalue weighted by Gasteiger charge is -2.05. The van der Waals surface area contributed by atoms with Gasteiger partial charge in [0.1, 0.15) is 0 Å². The first kappa shape index (κ1) is 13.7. The predicted octanol–water partition coefficient (Wildman–Crippen LogP) is 2.19. The average molecular weight is 288 g/mol. The topological polar surface area (TPSA) is 92.7 Å². The maximum absolute atomic E-state index is 11.2. The van der Waals surface area contributed by atoms with Crippen molar-refractivity contribution in [1.29, 1.82) is 5.26 Å². The number of nitrogens with zero attached hydrogens (tertiary/aromatic N) is 3. The van der Waals surface area contributed by atoms with Gasteiger partial charge in [-0.15, -0.1) is 0 Å². The molecule has 2 N–H and O–H groups in total. The highest BCUT2D eigenvalue weighted by Crippen LogP contribution is 2.19. The highest BCUT2D eigenvalue weighted by atomic mass is 16.1. The summed E-state index contributed by atoms with van der Waals surface area (Å²) in [5.41, 5.74) is 8.82. The van der Waals surface area contributed by atoms with Gasteiger partial charge in [-0.2, -0.15) is 5.26 Å². The van der Waals surface area contributed by atoms with Crippen LogP contribution in [0.5, 0.6) is 0 Å². The van der Waals surface area contributed by atoms with Gasteiger partial charge in [-0.3, -0.25) is 14.8 Å². The van der Waals surface area contributed by atoms with Crippen LogP contribution in [-0.4, -0.2) is 15.9 Å². The SMILES string of the molecule is N#Cc1ccnc2ccc(Cc3cc(C(N)=O)ccn3)cc12. The van der Waals surface area contributed by atoms with E-state index in [1.807, 2.05) is 18.2 Å². The lowest BCUT2D eigenvalue weighted by atomic mass is 10.0. The molecule has 0 saturated heterocycles. The minimum atomic E-state index is -0.474. The Morgan fingerprint density at radius 3 is 2.73 bits per heavy atom. The fourth-order valence-corrected chi connectivity index (χ4v) is 2.34. The van der Waals surface area contributed by atoms with Crippen LogP contribution in [0.3, 0.4) is 0 Å². The summed E-state index contributed by atoms with van der Waals surface area (Å²) < 4.78 is 0. The number of aromatic nitrogens is 2. The lowest BCUT2D eigenvalue weighted by molar-refractivity contribution is 0.1000. The molecule has 0 unspecified atom stereocenters. The Bertz CT molecular complexity index is 912. The van der Waals surface area contributed by atoms with Crippen molar-refractivity contribution in [2.24, 2.45) is 5.73 Å². The highest BCUT2D eigenvalue weighted by Gasteiger charge is 2.06. The van der Waals surface area contributed by atoms with Crippen LogP contribution in [0.1, 0.15) is 27.2 Å². The van der Waals surface area contributed by atoms with Gasteiger partial charge < -0.3 is 5.73 Å². The molecule has 2 aromatic heterocycles. The molecule has 1 amide bonds. The van der Waals surface area contributed by atoms with Gasteiger partial charge in [0.15, 0.2) is 0 Å². The molecule has 0 bridgehead atoms. The molecule has 22 heavy (non-hydrogen) atoms. The molecule has 3 aromatic rings. The van der Waals surface area contributed by atoms with Gasteiger partial charge in [0.25, 0.3) is 0 Å². The summed E-state index contributed by atoms with van der Waals surface area (Å²) in [4.78, 5) is 19.7. The van der Waals surface area contributed by atoms with Crippen molar-refractivity contribution >= 4 is 16.8 Å². The van der Waals surface area contributed by atoms with Gasteiger partial charge in [0.05, 0.1) is 17.1 Å². The van der Waals surface area contributed by atoms with E-state index >= 15 is 0 Å². The monoisotopic (exact) mass is 288 g/mol. The number of carbonyl (C=O) groups excluding carboxylic acids is 1. The van der Waals surface area contributed by atoms with Crippen LogP contribution in [0.15, 0.2) is 48.8 Å². The van der Waals surface area contributed by atoms with Crippen LogP contribution in [0.2, 0.25) is 0 Å². The van der Waals surface area contributed by atoms with Crippen molar-refractivity contribution in [3.05, 3.63) is 71.2 Å². The van der Waals surface area contributed by atoms with Crippen molar-refractivity contribution in [2.75, 3.05) is 0 Å². The minimum Gasteiger partial charge on any atom is -0.366 e. The molecular formula is C17H12N4O. The molecule has 0 atom stereocenters. The van der Waals surface area contributed by atoms with Crippen molar-refractivity contribution in [1.82, 2.24) is 9.97 Å². The second-order valence-electron chi connectivity index (χ2n) is 4.90. The Morgan fingerprint density at radius 2 is 1.95 bits per heavy atom. The molecular weight excluding hydrogens is 276 g/mol. The molecule has 2 heterocycles. The standard InChI is InChI=1S/C17H12N4O/c18-10-13-4-6-21-16-2-1-11(8-15(13)16)7-14-9-12(17(19)22)3-5-20-14/h1-6,8-9H,7H2,(H2,19,22). The number of hydrogen-bond acceptors (Lipinski definition) is 4. The van der Waals surface area contributed by atoms with Crippen LogP contribution in [0, 0.1) is 11.3 Å². The van der Waals surface area contributed by atoms with E-state index in [4.69, 9.17) is 5.73 Å². The molecule has 0 aliphatic heterocycles. The fourth-order valence-electron chi connectivity index (χ4n) is 2.34. The Hall–Kier alpha value is -3.26. The zero-order chi connectivity index (χ0) is 15.5. The molecule has 0 aliphatic rings. The van der Waals surface area contributed by atoms with Gasteiger partial charge in [-0.25, -0.2) is 0 Å². The summed E-state index contributed by atoms with van der Waals surface area (Å²) >= 11 is 0. The van der Waals surface area contributed by atoms with Crippen LogP contribution in [0.4, 0.5) is 0 Å². The van der Waals surface area contributed by atoms with Crippen molar-refractivity contribution < 1.29 is 4.79 Å². The number of fused-ring (bicyclic) bond motifs is 1. The van der Waals surface area contributed by atoms with Gasteiger partial charge in [0.2, 0.25) is 5.91 Å². The molecule has 5 nitrogen and oxygen atoms in total. The first-order valence-electron chi connectivity index (χ1n) is 6.70. The minimum absolute atomic E-state index is 0.435. The van der Waals surface area contributed by atoms with Gasteiger partial charge in [-0.1, -0.05) is 6.07 Å². The highest BCUT2D eigenvalue weighted by molar-refractivity contribution is 5.92.